The molecular formula is C13H24N2O2. The Morgan fingerprint density at radius 1 is 1.29 bits per heavy atom. The highest BCUT2D eigenvalue weighted by Crippen LogP contribution is 2.37. The minimum atomic E-state index is -0.444. The minimum absolute atomic E-state index is 0.0666. The van der Waals surface area contributed by atoms with Gasteiger partial charge in [-0.05, 0) is 31.1 Å². The molecular weight excluding hydrogens is 216 g/mol. The summed E-state index contributed by atoms with van der Waals surface area (Å²) in [4.78, 5) is 14.4. The van der Waals surface area contributed by atoms with Gasteiger partial charge in [0.1, 0.15) is 0 Å². The second-order valence-corrected chi connectivity index (χ2v) is 6.60. The van der Waals surface area contributed by atoms with E-state index >= 15 is 0 Å². The van der Waals surface area contributed by atoms with Crippen LogP contribution in [0.25, 0.3) is 0 Å². The van der Waals surface area contributed by atoms with Crippen molar-refractivity contribution in [2.24, 2.45) is 11.1 Å². The van der Waals surface area contributed by atoms with E-state index in [1.165, 1.54) is 0 Å². The van der Waals surface area contributed by atoms with E-state index in [2.05, 4.69) is 0 Å². The van der Waals surface area contributed by atoms with Crippen LogP contribution < -0.4 is 5.73 Å². The maximum Gasteiger partial charge on any atom is 0.240 e. The van der Waals surface area contributed by atoms with Gasteiger partial charge in [-0.2, -0.15) is 0 Å². The third-order valence-electron chi connectivity index (χ3n) is 4.16. The van der Waals surface area contributed by atoms with E-state index in [0.717, 1.165) is 25.7 Å². The molecule has 98 valence electrons. The second-order valence-electron chi connectivity index (χ2n) is 6.60. The maximum atomic E-state index is 12.4. The van der Waals surface area contributed by atoms with Crippen molar-refractivity contribution < 1.29 is 9.90 Å². The van der Waals surface area contributed by atoms with Crippen molar-refractivity contribution in [1.29, 1.82) is 0 Å². The summed E-state index contributed by atoms with van der Waals surface area (Å²) in [6.07, 6.45) is 3.25. The first-order valence-corrected chi connectivity index (χ1v) is 6.56. The Hall–Kier alpha value is -0.610. The summed E-state index contributed by atoms with van der Waals surface area (Å²) in [7, 11) is 0. The molecule has 3 N–H and O–H groups in total. The molecule has 2 rings (SSSR count). The van der Waals surface area contributed by atoms with E-state index < -0.39 is 6.04 Å². The molecule has 2 bridgehead atoms. The molecule has 3 atom stereocenters. The van der Waals surface area contributed by atoms with Crippen molar-refractivity contribution >= 4 is 5.91 Å². The monoisotopic (exact) mass is 240 g/mol. The second kappa shape index (κ2) is 4.25. The Kier molecular flexibility index (Phi) is 3.21. The fourth-order valence-corrected chi connectivity index (χ4v) is 3.04. The number of aliphatic hydroxyl groups excluding tert-OH is 1. The van der Waals surface area contributed by atoms with E-state index in [1.807, 2.05) is 25.7 Å². The van der Waals surface area contributed by atoms with Crippen LogP contribution >= 0.6 is 0 Å². The van der Waals surface area contributed by atoms with Crippen molar-refractivity contribution in [3.63, 3.8) is 0 Å². The lowest BCUT2D eigenvalue weighted by Gasteiger charge is -2.40. The summed E-state index contributed by atoms with van der Waals surface area (Å²) in [5.74, 6) is 0.0666. The highest BCUT2D eigenvalue weighted by atomic mass is 16.3. The number of carbonyl (C=O) groups is 1. The molecule has 0 aromatic carbocycles. The summed E-state index contributed by atoms with van der Waals surface area (Å²) in [6.45, 7) is 5.99. The molecule has 4 nitrogen and oxygen atoms in total. The van der Waals surface area contributed by atoms with Crippen LogP contribution in [0.1, 0.15) is 46.5 Å². The number of nitrogens with zero attached hydrogens (tertiary/aromatic N) is 1. The van der Waals surface area contributed by atoms with Crippen molar-refractivity contribution in [2.75, 3.05) is 0 Å². The fourth-order valence-electron chi connectivity index (χ4n) is 3.04. The Balaban J connectivity index is 2.11. The van der Waals surface area contributed by atoms with Gasteiger partial charge in [0.25, 0.3) is 0 Å². The average molecular weight is 240 g/mol. The normalized spacial score (nSPS) is 34.9. The van der Waals surface area contributed by atoms with E-state index in [-0.39, 0.29) is 29.5 Å². The Bertz CT molecular complexity index is 297. The quantitative estimate of drug-likeness (QED) is 0.715. The van der Waals surface area contributed by atoms with E-state index in [1.54, 1.807) is 0 Å². The summed E-state index contributed by atoms with van der Waals surface area (Å²) in [6, 6.07) is -0.0184. The van der Waals surface area contributed by atoms with Crippen LogP contribution in [0.15, 0.2) is 0 Å². The lowest BCUT2D eigenvalue weighted by Crippen LogP contribution is -2.56. The molecule has 2 saturated heterocycles. The van der Waals surface area contributed by atoms with E-state index in [4.69, 9.17) is 5.73 Å². The zero-order chi connectivity index (χ0) is 12.8. The molecule has 0 spiro atoms. The first kappa shape index (κ1) is 12.8. The standard InChI is InChI=1S/C13H24N2O2/c1-13(2,3)11(14)12(17)15-8-4-5-9(15)7-10(16)6-8/h8-11,16H,4-7,14H2,1-3H3. The molecule has 2 fully saturated rings. The fraction of sp³-hybridized carbons (Fsp3) is 0.923. The third kappa shape index (κ3) is 2.33. The van der Waals surface area contributed by atoms with Gasteiger partial charge in [0.2, 0.25) is 5.91 Å². The van der Waals surface area contributed by atoms with Crippen molar-refractivity contribution in [3.8, 4) is 0 Å². The molecule has 2 aliphatic heterocycles. The lowest BCUT2D eigenvalue weighted by molar-refractivity contribution is -0.141. The Morgan fingerprint density at radius 2 is 1.76 bits per heavy atom. The first-order chi connectivity index (χ1) is 7.80. The van der Waals surface area contributed by atoms with Gasteiger partial charge in [-0.25, -0.2) is 0 Å². The Morgan fingerprint density at radius 3 is 2.18 bits per heavy atom. The third-order valence-corrected chi connectivity index (χ3v) is 4.16. The summed E-state index contributed by atoms with van der Waals surface area (Å²) in [5, 5.41) is 9.72. The summed E-state index contributed by atoms with van der Waals surface area (Å²) in [5.41, 5.74) is 5.86. The largest absolute Gasteiger partial charge is 0.393 e. The molecule has 2 heterocycles. The number of aliphatic hydroxyl groups is 1. The number of hydrogen-bond donors (Lipinski definition) is 2. The first-order valence-electron chi connectivity index (χ1n) is 6.56. The van der Waals surface area contributed by atoms with Crippen LogP contribution in [0.3, 0.4) is 0 Å². The number of amides is 1. The van der Waals surface area contributed by atoms with Crippen LogP contribution in [-0.4, -0.2) is 40.1 Å². The van der Waals surface area contributed by atoms with Crippen molar-refractivity contribution in [1.82, 2.24) is 4.90 Å². The van der Waals surface area contributed by atoms with Gasteiger partial charge in [-0.1, -0.05) is 20.8 Å². The molecule has 17 heavy (non-hydrogen) atoms. The number of hydrogen-bond acceptors (Lipinski definition) is 3. The maximum absolute atomic E-state index is 12.4. The molecule has 3 unspecified atom stereocenters. The number of rotatable bonds is 1. The smallest absolute Gasteiger partial charge is 0.240 e. The zero-order valence-electron chi connectivity index (χ0n) is 11.0. The van der Waals surface area contributed by atoms with Crippen LogP contribution in [0.5, 0.6) is 0 Å². The van der Waals surface area contributed by atoms with Gasteiger partial charge < -0.3 is 15.7 Å². The Labute approximate surface area is 103 Å². The molecule has 1 amide bonds. The SMILES string of the molecule is CC(C)(C)C(N)C(=O)N1C2CCC1CC(O)C2. The van der Waals surface area contributed by atoms with Gasteiger partial charge in [-0.3, -0.25) is 4.79 Å². The van der Waals surface area contributed by atoms with Crippen LogP contribution in [-0.2, 0) is 4.79 Å². The highest BCUT2D eigenvalue weighted by molar-refractivity contribution is 5.83. The molecule has 0 saturated carbocycles. The molecule has 0 radical (unpaired) electrons. The van der Waals surface area contributed by atoms with E-state index in [9.17, 15) is 9.90 Å². The predicted octanol–water partition coefficient (Wildman–Crippen LogP) is 0.874. The number of nitrogens with two attached hydrogens (primary N) is 1. The summed E-state index contributed by atoms with van der Waals surface area (Å²) >= 11 is 0. The van der Waals surface area contributed by atoms with E-state index in [0.29, 0.717) is 0 Å². The molecule has 2 aliphatic rings. The van der Waals surface area contributed by atoms with Crippen LogP contribution in [0.2, 0.25) is 0 Å². The molecule has 0 aromatic heterocycles. The number of piperidine rings is 1. The van der Waals surface area contributed by atoms with Crippen molar-refractivity contribution in [2.45, 2.75) is 70.7 Å². The zero-order valence-corrected chi connectivity index (χ0v) is 11.0. The number of fused-ring (bicyclic) bond motifs is 2. The van der Waals surface area contributed by atoms with Gasteiger partial charge >= 0.3 is 0 Å². The highest BCUT2D eigenvalue weighted by Gasteiger charge is 2.45. The van der Waals surface area contributed by atoms with Gasteiger partial charge in [0.15, 0.2) is 0 Å². The minimum Gasteiger partial charge on any atom is -0.393 e. The van der Waals surface area contributed by atoms with Crippen LogP contribution in [0, 0.1) is 5.41 Å². The number of carbonyl (C=O) groups excluding carboxylic acids is 1. The van der Waals surface area contributed by atoms with Gasteiger partial charge in [0, 0.05) is 12.1 Å². The molecule has 4 heteroatoms. The van der Waals surface area contributed by atoms with Gasteiger partial charge in [-0.15, -0.1) is 0 Å². The van der Waals surface area contributed by atoms with Crippen molar-refractivity contribution in [3.05, 3.63) is 0 Å². The van der Waals surface area contributed by atoms with Gasteiger partial charge in [0.05, 0.1) is 12.1 Å². The van der Waals surface area contributed by atoms with Crippen LogP contribution in [0.4, 0.5) is 0 Å². The average Bonchev–Trinajstić information content (AvgIpc) is 2.47. The summed E-state index contributed by atoms with van der Waals surface area (Å²) < 4.78 is 0. The molecule has 0 aliphatic carbocycles. The molecule has 0 aromatic rings. The topological polar surface area (TPSA) is 66.6 Å². The lowest BCUT2D eigenvalue weighted by atomic mass is 9.85. The predicted molar refractivity (Wildman–Crippen MR) is 66.3 cm³/mol.